The molecule has 0 amide bonds. The number of anilines is 2. The highest BCUT2D eigenvalue weighted by molar-refractivity contribution is 5.88. The van der Waals surface area contributed by atoms with E-state index in [0.29, 0.717) is 11.6 Å². The van der Waals surface area contributed by atoms with E-state index in [2.05, 4.69) is 15.3 Å². The second kappa shape index (κ2) is 6.27. The minimum atomic E-state index is -0.944. The molecule has 1 heterocycles. The Bertz CT molecular complexity index is 831. The summed E-state index contributed by atoms with van der Waals surface area (Å²) < 4.78 is 0. The maximum Gasteiger partial charge on any atom is 0.335 e. The van der Waals surface area contributed by atoms with Gasteiger partial charge >= 0.3 is 5.97 Å². The summed E-state index contributed by atoms with van der Waals surface area (Å²) in [6, 6.07) is 18.1. The van der Waals surface area contributed by atoms with E-state index >= 15 is 0 Å². The van der Waals surface area contributed by atoms with Crippen LogP contribution in [-0.2, 0) is 0 Å². The zero-order chi connectivity index (χ0) is 16.2. The van der Waals surface area contributed by atoms with Crippen LogP contribution >= 0.6 is 0 Å². The van der Waals surface area contributed by atoms with Crippen molar-refractivity contribution in [3.63, 3.8) is 0 Å². The van der Waals surface area contributed by atoms with Gasteiger partial charge in [-0.15, -0.1) is 0 Å². The van der Waals surface area contributed by atoms with E-state index in [0.717, 1.165) is 16.9 Å². The molecule has 0 saturated heterocycles. The Labute approximate surface area is 133 Å². The predicted octanol–water partition coefficient (Wildman–Crippen LogP) is 3.89. The molecule has 2 aromatic carbocycles. The Morgan fingerprint density at radius 1 is 1.00 bits per heavy atom. The van der Waals surface area contributed by atoms with Crippen molar-refractivity contribution in [3.8, 4) is 11.4 Å². The Hall–Kier alpha value is -3.21. The standard InChI is InChI=1S/C18H15N3O2/c1-12-11-16(20-15-9-7-14(8-10-15)18(22)23)21-17(19-12)13-5-3-2-4-6-13/h2-11H,1H3,(H,22,23)(H,19,20,21). The van der Waals surface area contributed by atoms with E-state index in [4.69, 9.17) is 5.11 Å². The summed E-state index contributed by atoms with van der Waals surface area (Å²) in [6.07, 6.45) is 0. The Morgan fingerprint density at radius 2 is 1.70 bits per heavy atom. The zero-order valence-electron chi connectivity index (χ0n) is 12.5. The van der Waals surface area contributed by atoms with Gasteiger partial charge in [0.15, 0.2) is 5.82 Å². The number of benzene rings is 2. The molecule has 0 saturated carbocycles. The number of carboxylic acids is 1. The lowest BCUT2D eigenvalue weighted by Gasteiger charge is -2.09. The molecule has 0 aliphatic carbocycles. The van der Waals surface area contributed by atoms with Gasteiger partial charge in [-0.1, -0.05) is 30.3 Å². The average molecular weight is 305 g/mol. The summed E-state index contributed by atoms with van der Waals surface area (Å²) in [7, 11) is 0. The van der Waals surface area contributed by atoms with Gasteiger partial charge in [-0.2, -0.15) is 0 Å². The highest BCUT2D eigenvalue weighted by atomic mass is 16.4. The van der Waals surface area contributed by atoms with Gasteiger partial charge in [-0.25, -0.2) is 14.8 Å². The van der Waals surface area contributed by atoms with Crippen LogP contribution in [0.1, 0.15) is 16.1 Å². The van der Waals surface area contributed by atoms with Crippen LogP contribution in [0.25, 0.3) is 11.4 Å². The maximum atomic E-state index is 10.9. The van der Waals surface area contributed by atoms with Crippen molar-refractivity contribution in [3.05, 3.63) is 71.9 Å². The Kier molecular flexibility index (Phi) is 4.01. The third-order valence-electron chi connectivity index (χ3n) is 3.29. The van der Waals surface area contributed by atoms with Gasteiger partial charge in [0.1, 0.15) is 5.82 Å². The number of carbonyl (C=O) groups is 1. The molecule has 3 aromatic rings. The van der Waals surface area contributed by atoms with E-state index in [-0.39, 0.29) is 5.56 Å². The lowest BCUT2D eigenvalue weighted by molar-refractivity contribution is 0.0697. The molecule has 0 fully saturated rings. The fraction of sp³-hybridized carbons (Fsp3) is 0.0556. The molecule has 23 heavy (non-hydrogen) atoms. The first-order chi connectivity index (χ1) is 11.1. The number of nitrogens with one attached hydrogen (secondary N) is 1. The smallest absolute Gasteiger partial charge is 0.335 e. The van der Waals surface area contributed by atoms with Gasteiger partial charge in [-0.05, 0) is 31.2 Å². The number of aromatic carboxylic acids is 1. The molecular formula is C18H15N3O2. The van der Waals surface area contributed by atoms with Gasteiger partial charge in [0, 0.05) is 23.0 Å². The first-order valence-corrected chi connectivity index (χ1v) is 7.13. The van der Waals surface area contributed by atoms with Crippen LogP contribution in [0.15, 0.2) is 60.7 Å². The number of aryl methyl sites for hydroxylation is 1. The second-order valence-electron chi connectivity index (χ2n) is 5.09. The summed E-state index contributed by atoms with van der Waals surface area (Å²) in [5.41, 5.74) is 2.82. The molecule has 2 N–H and O–H groups in total. The molecule has 3 rings (SSSR count). The molecule has 0 bridgehead atoms. The van der Waals surface area contributed by atoms with Crippen LogP contribution < -0.4 is 5.32 Å². The monoisotopic (exact) mass is 305 g/mol. The molecular weight excluding hydrogens is 290 g/mol. The SMILES string of the molecule is Cc1cc(Nc2ccc(C(=O)O)cc2)nc(-c2ccccc2)n1. The van der Waals surface area contributed by atoms with Gasteiger partial charge in [0.05, 0.1) is 5.56 Å². The number of nitrogens with zero attached hydrogens (tertiary/aromatic N) is 2. The maximum absolute atomic E-state index is 10.9. The molecule has 0 unspecified atom stereocenters. The largest absolute Gasteiger partial charge is 0.478 e. The predicted molar refractivity (Wildman–Crippen MR) is 88.9 cm³/mol. The summed E-state index contributed by atoms with van der Waals surface area (Å²) in [6.45, 7) is 1.91. The van der Waals surface area contributed by atoms with Crippen LogP contribution in [0.2, 0.25) is 0 Å². The molecule has 114 valence electrons. The first-order valence-electron chi connectivity index (χ1n) is 7.13. The molecule has 5 nitrogen and oxygen atoms in total. The van der Waals surface area contributed by atoms with Gasteiger partial charge in [0.25, 0.3) is 0 Å². The number of aromatic nitrogens is 2. The molecule has 0 atom stereocenters. The van der Waals surface area contributed by atoms with E-state index in [1.54, 1.807) is 24.3 Å². The lowest BCUT2D eigenvalue weighted by Crippen LogP contribution is -2.00. The number of rotatable bonds is 4. The summed E-state index contributed by atoms with van der Waals surface area (Å²) in [4.78, 5) is 19.8. The van der Waals surface area contributed by atoms with Crippen LogP contribution in [-0.4, -0.2) is 21.0 Å². The second-order valence-corrected chi connectivity index (χ2v) is 5.09. The number of hydrogen-bond donors (Lipinski definition) is 2. The summed E-state index contributed by atoms with van der Waals surface area (Å²) >= 11 is 0. The molecule has 0 aliphatic heterocycles. The molecule has 0 spiro atoms. The minimum Gasteiger partial charge on any atom is -0.478 e. The van der Waals surface area contributed by atoms with Crippen LogP contribution in [0.3, 0.4) is 0 Å². The van der Waals surface area contributed by atoms with Crippen LogP contribution in [0.4, 0.5) is 11.5 Å². The molecule has 0 radical (unpaired) electrons. The first kappa shape index (κ1) is 14.7. The summed E-state index contributed by atoms with van der Waals surface area (Å²) in [5, 5.41) is 12.1. The van der Waals surface area contributed by atoms with Crippen molar-refractivity contribution in [1.29, 1.82) is 0 Å². The van der Waals surface area contributed by atoms with Crippen molar-refractivity contribution in [1.82, 2.24) is 9.97 Å². The normalized spacial score (nSPS) is 10.3. The van der Waals surface area contributed by atoms with Gasteiger partial charge in [0.2, 0.25) is 0 Å². The summed E-state index contributed by atoms with van der Waals surface area (Å²) in [5.74, 6) is 0.371. The molecule has 5 heteroatoms. The van der Waals surface area contributed by atoms with Crippen molar-refractivity contribution in [2.24, 2.45) is 0 Å². The number of carboxylic acid groups (broad SMARTS) is 1. The average Bonchev–Trinajstić information content (AvgIpc) is 2.55. The fourth-order valence-electron chi connectivity index (χ4n) is 2.19. The van der Waals surface area contributed by atoms with Crippen molar-refractivity contribution < 1.29 is 9.90 Å². The van der Waals surface area contributed by atoms with Crippen LogP contribution in [0.5, 0.6) is 0 Å². The Morgan fingerprint density at radius 3 is 2.35 bits per heavy atom. The van der Waals surface area contributed by atoms with E-state index in [1.807, 2.05) is 43.3 Å². The lowest BCUT2D eigenvalue weighted by atomic mass is 10.2. The van der Waals surface area contributed by atoms with Gasteiger partial charge < -0.3 is 10.4 Å². The quantitative estimate of drug-likeness (QED) is 0.764. The van der Waals surface area contributed by atoms with Crippen LogP contribution in [0, 0.1) is 6.92 Å². The zero-order valence-corrected chi connectivity index (χ0v) is 12.5. The van der Waals surface area contributed by atoms with Gasteiger partial charge in [-0.3, -0.25) is 0 Å². The van der Waals surface area contributed by atoms with Crippen molar-refractivity contribution in [2.45, 2.75) is 6.92 Å². The van der Waals surface area contributed by atoms with Crippen molar-refractivity contribution in [2.75, 3.05) is 5.32 Å². The molecule has 1 aromatic heterocycles. The van der Waals surface area contributed by atoms with Crippen molar-refractivity contribution >= 4 is 17.5 Å². The van der Waals surface area contributed by atoms with E-state index in [9.17, 15) is 4.79 Å². The Balaban J connectivity index is 1.88. The minimum absolute atomic E-state index is 0.249. The third-order valence-corrected chi connectivity index (χ3v) is 3.29. The van der Waals surface area contributed by atoms with E-state index < -0.39 is 5.97 Å². The molecule has 0 aliphatic rings. The number of hydrogen-bond acceptors (Lipinski definition) is 4. The highest BCUT2D eigenvalue weighted by Gasteiger charge is 2.06. The van der Waals surface area contributed by atoms with E-state index in [1.165, 1.54) is 0 Å². The highest BCUT2D eigenvalue weighted by Crippen LogP contribution is 2.20. The topological polar surface area (TPSA) is 75.1 Å². The third kappa shape index (κ3) is 3.52. The fourth-order valence-corrected chi connectivity index (χ4v) is 2.19.